The van der Waals surface area contributed by atoms with Gasteiger partial charge in [-0.3, -0.25) is 4.79 Å². The Balaban J connectivity index is 2.06. The standard InChI is InChI=1S/C18H16FNO3/c1-22-16-11-5-9-14(17(16)23-2)18(21)20-12-6-8-13-7-3-4-10-15(13)19/h3-5,7,9-11H,12H2,1-2H3,(H,20,21). The zero-order valence-electron chi connectivity index (χ0n) is 12.9. The van der Waals surface area contributed by atoms with Crippen LogP contribution in [0.2, 0.25) is 0 Å². The fourth-order valence-electron chi connectivity index (χ4n) is 1.99. The number of nitrogens with one attached hydrogen (secondary N) is 1. The lowest BCUT2D eigenvalue weighted by atomic mass is 10.1. The molecule has 0 fully saturated rings. The van der Waals surface area contributed by atoms with Gasteiger partial charge in [0.05, 0.1) is 31.9 Å². The molecule has 2 aromatic rings. The molecule has 0 aliphatic heterocycles. The summed E-state index contributed by atoms with van der Waals surface area (Å²) in [5.41, 5.74) is 0.639. The summed E-state index contributed by atoms with van der Waals surface area (Å²) in [6.07, 6.45) is 0. The number of para-hydroxylation sites is 1. The molecule has 23 heavy (non-hydrogen) atoms. The zero-order valence-corrected chi connectivity index (χ0v) is 12.9. The van der Waals surface area contributed by atoms with E-state index in [-0.39, 0.29) is 18.3 Å². The third-order valence-electron chi connectivity index (χ3n) is 3.08. The van der Waals surface area contributed by atoms with E-state index in [2.05, 4.69) is 17.2 Å². The molecule has 0 atom stereocenters. The molecular formula is C18H16FNO3. The Kier molecular flexibility index (Phi) is 5.59. The first-order valence-electron chi connectivity index (χ1n) is 6.90. The third-order valence-corrected chi connectivity index (χ3v) is 3.08. The summed E-state index contributed by atoms with van der Waals surface area (Å²) < 4.78 is 23.8. The van der Waals surface area contributed by atoms with Crippen molar-refractivity contribution in [2.75, 3.05) is 20.8 Å². The topological polar surface area (TPSA) is 47.6 Å². The average Bonchev–Trinajstić information content (AvgIpc) is 2.59. The van der Waals surface area contributed by atoms with Crippen LogP contribution in [0.1, 0.15) is 15.9 Å². The molecule has 118 valence electrons. The van der Waals surface area contributed by atoms with Gasteiger partial charge in [0.15, 0.2) is 11.5 Å². The first-order chi connectivity index (χ1) is 11.2. The summed E-state index contributed by atoms with van der Waals surface area (Å²) in [6.45, 7) is 0.0908. The Morgan fingerprint density at radius 2 is 1.91 bits per heavy atom. The Morgan fingerprint density at radius 3 is 2.61 bits per heavy atom. The van der Waals surface area contributed by atoms with E-state index >= 15 is 0 Å². The van der Waals surface area contributed by atoms with Gasteiger partial charge >= 0.3 is 0 Å². The molecule has 0 radical (unpaired) electrons. The summed E-state index contributed by atoms with van der Waals surface area (Å²) in [5.74, 6) is 5.48. The molecule has 0 aromatic heterocycles. The Labute approximate surface area is 134 Å². The van der Waals surface area contributed by atoms with Gasteiger partial charge in [-0.1, -0.05) is 30.0 Å². The summed E-state index contributed by atoms with van der Waals surface area (Å²) >= 11 is 0. The minimum atomic E-state index is -0.388. The Morgan fingerprint density at radius 1 is 1.13 bits per heavy atom. The number of ether oxygens (including phenoxy) is 2. The molecule has 0 spiro atoms. The van der Waals surface area contributed by atoms with Gasteiger partial charge in [-0.25, -0.2) is 4.39 Å². The lowest BCUT2D eigenvalue weighted by molar-refractivity contribution is 0.0955. The Hall–Kier alpha value is -3.00. The first-order valence-corrected chi connectivity index (χ1v) is 6.90. The highest BCUT2D eigenvalue weighted by atomic mass is 19.1. The molecule has 0 unspecified atom stereocenters. The van der Waals surface area contributed by atoms with E-state index in [4.69, 9.17) is 9.47 Å². The number of carbonyl (C=O) groups excluding carboxylic acids is 1. The molecule has 0 bridgehead atoms. The van der Waals surface area contributed by atoms with E-state index in [0.717, 1.165) is 0 Å². The smallest absolute Gasteiger partial charge is 0.255 e. The fourth-order valence-corrected chi connectivity index (χ4v) is 1.99. The predicted molar refractivity (Wildman–Crippen MR) is 85.2 cm³/mol. The number of methoxy groups -OCH3 is 2. The lowest BCUT2D eigenvalue weighted by Crippen LogP contribution is -2.24. The van der Waals surface area contributed by atoms with Gasteiger partial charge in [0.25, 0.3) is 5.91 Å². The monoisotopic (exact) mass is 313 g/mol. The number of rotatable bonds is 4. The number of benzene rings is 2. The minimum Gasteiger partial charge on any atom is -0.493 e. The lowest BCUT2D eigenvalue weighted by Gasteiger charge is -2.11. The van der Waals surface area contributed by atoms with Crippen LogP contribution in [0, 0.1) is 17.7 Å². The first kappa shape index (κ1) is 16.4. The highest BCUT2D eigenvalue weighted by Gasteiger charge is 2.15. The predicted octanol–water partition coefficient (Wildman–Crippen LogP) is 2.62. The van der Waals surface area contributed by atoms with Gasteiger partial charge in [0, 0.05) is 0 Å². The molecule has 0 saturated heterocycles. The van der Waals surface area contributed by atoms with Crippen LogP contribution in [0.15, 0.2) is 42.5 Å². The van der Waals surface area contributed by atoms with Crippen molar-refractivity contribution in [1.82, 2.24) is 5.32 Å². The van der Waals surface area contributed by atoms with Crippen LogP contribution >= 0.6 is 0 Å². The van der Waals surface area contributed by atoms with E-state index in [1.807, 2.05) is 0 Å². The van der Waals surface area contributed by atoms with Crippen molar-refractivity contribution < 1.29 is 18.7 Å². The van der Waals surface area contributed by atoms with Crippen LogP contribution in [0.4, 0.5) is 4.39 Å². The molecule has 5 heteroatoms. The normalized spacial score (nSPS) is 9.52. The number of amides is 1. The number of hydrogen-bond donors (Lipinski definition) is 1. The van der Waals surface area contributed by atoms with E-state index < -0.39 is 0 Å². The van der Waals surface area contributed by atoms with Crippen LogP contribution < -0.4 is 14.8 Å². The van der Waals surface area contributed by atoms with Crippen molar-refractivity contribution in [2.45, 2.75) is 0 Å². The molecule has 2 aromatic carbocycles. The second kappa shape index (κ2) is 7.85. The van der Waals surface area contributed by atoms with Gasteiger partial charge in [-0.2, -0.15) is 0 Å². The maximum absolute atomic E-state index is 13.4. The van der Waals surface area contributed by atoms with Crippen LogP contribution in [-0.4, -0.2) is 26.7 Å². The maximum atomic E-state index is 13.4. The van der Waals surface area contributed by atoms with Gasteiger partial charge in [0.1, 0.15) is 5.82 Å². The van der Waals surface area contributed by atoms with Crippen molar-refractivity contribution in [2.24, 2.45) is 0 Å². The minimum absolute atomic E-state index is 0.0908. The molecule has 2 rings (SSSR count). The van der Waals surface area contributed by atoms with E-state index in [1.165, 1.54) is 20.3 Å². The summed E-state index contributed by atoms with van der Waals surface area (Å²) in [6, 6.07) is 11.2. The molecule has 4 nitrogen and oxygen atoms in total. The van der Waals surface area contributed by atoms with Crippen molar-refractivity contribution in [3.05, 3.63) is 59.4 Å². The van der Waals surface area contributed by atoms with Gasteiger partial charge in [-0.15, -0.1) is 0 Å². The molecule has 0 aliphatic rings. The van der Waals surface area contributed by atoms with Crippen LogP contribution in [0.25, 0.3) is 0 Å². The summed E-state index contributed by atoms with van der Waals surface area (Å²) in [7, 11) is 2.96. The molecular weight excluding hydrogens is 297 g/mol. The number of halogens is 1. The van der Waals surface area contributed by atoms with Crippen molar-refractivity contribution in [1.29, 1.82) is 0 Å². The van der Waals surface area contributed by atoms with Crippen LogP contribution in [0.5, 0.6) is 11.5 Å². The average molecular weight is 313 g/mol. The zero-order chi connectivity index (χ0) is 16.7. The van der Waals surface area contributed by atoms with E-state index in [1.54, 1.807) is 36.4 Å². The third kappa shape index (κ3) is 4.01. The second-order valence-electron chi connectivity index (χ2n) is 4.51. The van der Waals surface area contributed by atoms with E-state index in [0.29, 0.717) is 22.6 Å². The van der Waals surface area contributed by atoms with Gasteiger partial charge < -0.3 is 14.8 Å². The van der Waals surface area contributed by atoms with Crippen molar-refractivity contribution in [3.8, 4) is 23.3 Å². The number of hydrogen-bond acceptors (Lipinski definition) is 3. The second-order valence-corrected chi connectivity index (χ2v) is 4.51. The van der Waals surface area contributed by atoms with Crippen LogP contribution in [-0.2, 0) is 0 Å². The molecule has 0 saturated carbocycles. The Bertz CT molecular complexity index is 762. The summed E-state index contributed by atoms with van der Waals surface area (Å²) in [5, 5.41) is 2.64. The van der Waals surface area contributed by atoms with Gasteiger partial charge in [-0.05, 0) is 24.3 Å². The molecule has 0 heterocycles. The van der Waals surface area contributed by atoms with Gasteiger partial charge in [0.2, 0.25) is 0 Å². The maximum Gasteiger partial charge on any atom is 0.255 e. The van der Waals surface area contributed by atoms with Crippen molar-refractivity contribution >= 4 is 5.91 Å². The van der Waals surface area contributed by atoms with Crippen LogP contribution in [0.3, 0.4) is 0 Å². The quantitative estimate of drug-likeness (QED) is 0.883. The van der Waals surface area contributed by atoms with E-state index in [9.17, 15) is 9.18 Å². The largest absolute Gasteiger partial charge is 0.493 e. The highest BCUT2D eigenvalue weighted by Crippen LogP contribution is 2.30. The SMILES string of the molecule is COc1cccc(C(=O)NCC#Cc2ccccc2F)c1OC. The molecule has 1 N–H and O–H groups in total. The van der Waals surface area contributed by atoms with Crippen molar-refractivity contribution in [3.63, 3.8) is 0 Å². The number of carbonyl (C=O) groups is 1. The highest BCUT2D eigenvalue weighted by molar-refractivity contribution is 5.97. The molecule has 1 amide bonds. The summed E-state index contributed by atoms with van der Waals surface area (Å²) in [4.78, 5) is 12.2. The fraction of sp³-hybridized carbons (Fsp3) is 0.167. The molecule has 0 aliphatic carbocycles.